The maximum atomic E-state index is 12.0. The van der Waals surface area contributed by atoms with Gasteiger partial charge >= 0.3 is 5.97 Å². The monoisotopic (exact) mass is 374 g/mol. The minimum Gasteiger partial charge on any atom is -0.479 e. The Hall–Kier alpha value is -2.33. The smallest absolute Gasteiger partial charge is 0.347 e. The van der Waals surface area contributed by atoms with E-state index >= 15 is 0 Å². The fourth-order valence-corrected chi connectivity index (χ4v) is 2.38. The van der Waals surface area contributed by atoms with Crippen LogP contribution in [-0.4, -0.2) is 24.5 Å². The van der Waals surface area contributed by atoms with E-state index in [1.807, 2.05) is 24.3 Å². The van der Waals surface area contributed by atoms with Gasteiger partial charge in [-0.15, -0.1) is 0 Å². The van der Waals surface area contributed by atoms with Gasteiger partial charge in [0.15, 0.2) is 18.5 Å². The number of Topliss-reactive ketones (excluding diaryl/α,β-unsaturated/α-hetero) is 1. The largest absolute Gasteiger partial charge is 0.479 e. The number of halogens is 1. The summed E-state index contributed by atoms with van der Waals surface area (Å²) in [5.74, 6) is -0.310. The van der Waals surface area contributed by atoms with Crippen LogP contribution in [-0.2, 0) is 14.9 Å². The number of carbonyl (C=O) groups is 2. The molecule has 0 aliphatic carbocycles. The third-order valence-corrected chi connectivity index (χ3v) is 4.13. The molecule has 0 spiro atoms. The summed E-state index contributed by atoms with van der Waals surface area (Å²) in [6.07, 6.45) is -0.812. The van der Waals surface area contributed by atoms with Gasteiger partial charge in [-0.25, -0.2) is 4.79 Å². The molecule has 2 aromatic carbocycles. The van der Waals surface area contributed by atoms with Gasteiger partial charge in [-0.3, -0.25) is 4.79 Å². The molecule has 0 radical (unpaired) electrons. The Morgan fingerprint density at radius 1 is 1.00 bits per heavy atom. The molecule has 0 saturated carbocycles. The van der Waals surface area contributed by atoms with Crippen molar-refractivity contribution in [3.05, 3.63) is 64.7 Å². The number of ether oxygens (including phenoxy) is 2. The summed E-state index contributed by atoms with van der Waals surface area (Å²) >= 11 is 5.78. The Kier molecular flexibility index (Phi) is 6.43. The fraction of sp³-hybridized carbons (Fsp3) is 0.333. The van der Waals surface area contributed by atoms with Gasteiger partial charge in [0.05, 0.1) is 0 Å². The summed E-state index contributed by atoms with van der Waals surface area (Å²) in [4.78, 5) is 24.1. The molecule has 5 heteroatoms. The van der Waals surface area contributed by atoms with Gasteiger partial charge < -0.3 is 9.47 Å². The summed E-state index contributed by atoms with van der Waals surface area (Å²) in [6.45, 7) is 7.63. The molecule has 2 rings (SSSR count). The van der Waals surface area contributed by atoms with Crippen LogP contribution in [0.25, 0.3) is 0 Å². The van der Waals surface area contributed by atoms with Crippen molar-refractivity contribution in [2.24, 2.45) is 0 Å². The SMILES string of the molecule is CC(Oc1ccc(C(C)(C)C)cc1)C(=O)OCC(=O)c1ccc(Cl)cc1. The molecular weight excluding hydrogens is 352 g/mol. The topological polar surface area (TPSA) is 52.6 Å². The van der Waals surface area contributed by atoms with Gasteiger partial charge in [0.1, 0.15) is 5.75 Å². The maximum absolute atomic E-state index is 12.0. The number of hydrogen-bond acceptors (Lipinski definition) is 4. The summed E-state index contributed by atoms with van der Waals surface area (Å²) in [5.41, 5.74) is 1.66. The molecule has 4 nitrogen and oxygen atoms in total. The quantitative estimate of drug-likeness (QED) is 0.536. The first-order chi connectivity index (χ1) is 12.2. The summed E-state index contributed by atoms with van der Waals surface area (Å²) in [6, 6.07) is 14.0. The molecule has 0 saturated heterocycles. The second-order valence-electron chi connectivity index (χ2n) is 7.07. The summed E-state index contributed by atoms with van der Waals surface area (Å²) < 4.78 is 10.6. The molecule has 0 bridgehead atoms. The summed E-state index contributed by atoms with van der Waals surface area (Å²) in [5, 5.41) is 0.540. The number of benzene rings is 2. The third-order valence-electron chi connectivity index (χ3n) is 3.88. The van der Waals surface area contributed by atoms with E-state index in [2.05, 4.69) is 20.8 Å². The van der Waals surface area contributed by atoms with Crippen molar-refractivity contribution < 1.29 is 19.1 Å². The molecule has 1 atom stereocenters. The first-order valence-electron chi connectivity index (χ1n) is 8.39. The highest BCUT2D eigenvalue weighted by Gasteiger charge is 2.19. The van der Waals surface area contributed by atoms with Crippen molar-refractivity contribution >= 4 is 23.4 Å². The average molecular weight is 375 g/mol. The van der Waals surface area contributed by atoms with E-state index in [1.54, 1.807) is 31.2 Å². The first kappa shape index (κ1) is 20.0. The average Bonchev–Trinajstić information content (AvgIpc) is 2.59. The zero-order valence-electron chi connectivity index (χ0n) is 15.4. The molecule has 0 heterocycles. The van der Waals surface area contributed by atoms with Crippen LogP contribution in [0.4, 0.5) is 0 Å². The molecule has 0 aliphatic rings. The fourth-order valence-electron chi connectivity index (χ4n) is 2.26. The minimum absolute atomic E-state index is 0.0467. The van der Waals surface area contributed by atoms with Crippen LogP contribution < -0.4 is 4.74 Å². The van der Waals surface area contributed by atoms with Gasteiger partial charge in [-0.1, -0.05) is 44.5 Å². The van der Waals surface area contributed by atoms with E-state index < -0.39 is 12.1 Å². The van der Waals surface area contributed by atoms with E-state index in [0.717, 1.165) is 0 Å². The molecule has 138 valence electrons. The van der Waals surface area contributed by atoms with Crippen molar-refractivity contribution in [3.8, 4) is 5.75 Å². The van der Waals surface area contributed by atoms with Crippen molar-refractivity contribution in [1.29, 1.82) is 0 Å². The van der Waals surface area contributed by atoms with Gasteiger partial charge in [-0.2, -0.15) is 0 Å². The Morgan fingerprint density at radius 2 is 1.58 bits per heavy atom. The number of esters is 1. The number of carbonyl (C=O) groups excluding carboxylic acids is 2. The third kappa shape index (κ3) is 5.60. The van der Waals surface area contributed by atoms with Crippen LogP contribution >= 0.6 is 11.6 Å². The second-order valence-corrected chi connectivity index (χ2v) is 7.51. The Labute approximate surface area is 159 Å². The molecule has 2 aromatic rings. The Morgan fingerprint density at radius 3 is 2.12 bits per heavy atom. The molecule has 26 heavy (non-hydrogen) atoms. The van der Waals surface area contributed by atoms with E-state index in [-0.39, 0.29) is 17.8 Å². The second kappa shape index (κ2) is 8.37. The first-order valence-corrected chi connectivity index (χ1v) is 8.77. The Balaban J connectivity index is 1.87. The van der Waals surface area contributed by atoms with Crippen LogP contribution in [0.3, 0.4) is 0 Å². The molecule has 0 aromatic heterocycles. The highest BCUT2D eigenvalue weighted by molar-refractivity contribution is 6.30. The van der Waals surface area contributed by atoms with Gasteiger partial charge in [0, 0.05) is 10.6 Å². The van der Waals surface area contributed by atoms with Gasteiger partial charge in [0.2, 0.25) is 0 Å². The predicted octanol–water partition coefficient (Wildman–Crippen LogP) is 4.83. The van der Waals surface area contributed by atoms with Crippen molar-refractivity contribution in [2.75, 3.05) is 6.61 Å². The van der Waals surface area contributed by atoms with Crippen LogP contribution in [0.1, 0.15) is 43.6 Å². The molecular formula is C21H23ClO4. The van der Waals surface area contributed by atoms with Crippen LogP contribution in [0.5, 0.6) is 5.75 Å². The van der Waals surface area contributed by atoms with E-state index in [9.17, 15) is 9.59 Å². The zero-order chi connectivity index (χ0) is 19.3. The van der Waals surface area contributed by atoms with Crippen molar-refractivity contribution in [1.82, 2.24) is 0 Å². The van der Waals surface area contributed by atoms with E-state index in [1.165, 1.54) is 5.56 Å². The summed E-state index contributed by atoms with van der Waals surface area (Å²) in [7, 11) is 0. The van der Waals surface area contributed by atoms with Gasteiger partial charge in [0.25, 0.3) is 0 Å². The Bertz CT molecular complexity index is 758. The molecule has 0 N–H and O–H groups in total. The lowest BCUT2D eigenvalue weighted by molar-refractivity contribution is -0.149. The van der Waals surface area contributed by atoms with Crippen molar-refractivity contribution in [2.45, 2.75) is 39.2 Å². The number of rotatable bonds is 6. The maximum Gasteiger partial charge on any atom is 0.347 e. The normalized spacial score (nSPS) is 12.3. The molecule has 0 amide bonds. The molecule has 0 fully saturated rings. The highest BCUT2D eigenvalue weighted by Crippen LogP contribution is 2.24. The highest BCUT2D eigenvalue weighted by atomic mass is 35.5. The molecule has 1 unspecified atom stereocenters. The number of hydrogen-bond donors (Lipinski definition) is 0. The van der Waals surface area contributed by atoms with Gasteiger partial charge in [-0.05, 0) is 54.3 Å². The molecule has 0 aliphatic heterocycles. The standard InChI is InChI=1S/C21H23ClO4/c1-14(26-18-11-7-16(8-12-18)21(2,3)4)20(24)25-13-19(23)15-5-9-17(22)10-6-15/h5-12,14H,13H2,1-4H3. The lowest BCUT2D eigenvalue weighted by Gasteiger charge is -2.20. The van der Waals surface area contributed by atoms with Crippen molar-refractivity contribution in [3.63, 3.8) is 0 Å². The van der Waals surface area contributed by atoms with E-state index in [0.29, 0.717) is 16.3 Å². The lowest BCUT2D eigenvalue weighted by atomic mass is 9.87. The van der Waals surface area contributed by atoms with Crippen LogP contribution in [0, 0.1) is 0 Å². The van der Waals surface area contributed by atoms with Crippen LogP contribution in [0.2, 0.25) is 5.02 Å². The lowest BCUT2D eigenvalue weighted by Crippen LogP contribution is -2.28. The van der Waals surface area contributed by atoms with Crippen LogP contribution in [0.15, 0.2) is 48.5 Å². The zero-order valence-corrected chi connectivity index (χ0v) is 16.2. The van der Waals surface area contributed by atoms with E-state index in [4.69, 9.17) is 21.1 Å². The predicted molar refractivity (Wildman–Crippen MR) is 102 cm³/mol. The number of ketones is 1. The minimum atomic E-state index is -0.812.